The van der Waals surface area contributed by atoms with Gasteiger partial charge in [-0.25, -0.2) is 4.68 Å². The van der Waals surface area contributed by atoms with E-state index < -0.39 is 0 Å². The molecule has 1 N–H and O–H groups in total. The van der Waals surface area contributed by atoms with E-state index in [9.17, 15) is 4.79 Å². The Balaban J connectivity index is 1.87. The second kappa shape index (κ2) is 6.60. The minimum atomic E-state index is -0.0619. The first-order chi connectivity index (χ1) is 11.5. The highest BCUT2D eigenvalue weighted by atomic mass is 16.5. The third kappa shape index (κ3) is 2.87. The van der Waals surface area contributed by atoms with Crippen molar-refractivity contribution in [2.24, 2.45) is 0 Å². The second-order valence-corrected chi connectivity index (χ2v) is 6.12. The van der Waals surface area contributed by atoms with Crippen molar-refractivity contribution in [3.8, 4) is 11.4 Å². The maximum absolute atomic E-state index is 12.9. The minimum Gasteiger partial charge on any atom is -0.497 e. The van der Waals surface area contributed by atoms with Crippen LogP contribution in [0.25, 0.3) is 5.69 Å². The number of rotatable bonds is 3. The fourth-order valence-corrected chi connectivity index (χ4v) is 2.97. The van der Waals surface area contributed by atoms with Crippen LogP contribution in [-0.4, -0.2) is 58.1 Å². The Kier molecular flexibility index (Phi) is 4.53. The van der Waals surface area contributed by atoms with E-state index in [1.165, 1.54) is 0 Å². The molecule has 1 aliphatic rings. The zero-order valence-electron chi connectivity index (χ0n) is 14.5. The molecule has 0 saturated carbocycles. The van der Waals surface area contributed by atoms with Crippen molar-refractivity contribution in [1.29, 1.82) is 0 Å². The highest BCUT2D eigenvalue weighted by Gasteiger charge is 2.31. The largest absolute Gasteiger partial charge is 0.497 e. The van der Waals surface area contributed by atoms with Crippen molar-refractivity contribution in [2.45, 2.75) is 32.9 Å². The summed E-state index contributed by atoms with van der Waals surface area (Å²) in [6.45, 7) is 7.49. The van der Waals surface area contributed by atoms with Crippen LogP contribution in [0.4, 0.5) is 0 Å². The molecule has 1 saturated heterocycles. The molecular weight excluding hydrogens is 306 g/mol. The number of nitrogens with zero attached hydrogens (tertiary/aromatic N) is 4. The molecule has 0 aliphatic carbocycles. The van der Waals surface area contributed by atoms with Gasteiger partial charge in [0.05, 0.1) is 18.5 Å². The van der Waals surface area contributed by atoms with Gasteiger partial charge in [0.1, 0.15) is 5.75 Å². The summed E-state index contributed by atoms with van der Waals surface area (Å²) in [5.41, 5.74) is 2.00. The highest BCUT2D eigenvalue weighted by Crippen LogP contribution is 2.19. The van der Waals surface area contributed by atoms with Gasteiger partial charge in [-0.2, -0.15) is 0 Å². The maximum Gasteiger partial charge on any atom is 0.276 e. The second-order valence-electron chi connectivity index (χ2n) is 6.12. The van der Waals surface area contributed by atoms with Crippen molar-refractivity contribution in [1.82, 2.24) is 25.2 Å². The van der Waals surface area contributed by atoms with Crippen LogP contribution >= 0.6 is 0 Å². The van der Waals surface area contributed by atoms with Gasteiger partial charge in [-0.05, 0) is 45.0 Å². The van der Waals surface area contributed by atoms with Crippen molar-refractivity contribution >= 4 is 5.91 Å². The smallest absolute Gasteiger partial charge is 0.276 e. The summed E-state index contributed by atoms with van der Waals surface area (Å²) >= 11 is 0. The van der Waals surface area contributed by atoms with Crippen molar-refractivity contribution in [3.05, 3.63) is 35.7 Å². The number of aromatic nitrogens is 3. The van der Waals surface area contributed by atoms with Crippen LogP contribution in [0.3, 0.4) is 0 Å². The standard InChI is InChI=1S/C17H23N5O2/c1-11-12(2)21(10-9-18-11)17(23)16-13(3)22(20-19-16)14-5-7-15(24-4)8-6-14/h5-8,11-12,18H,9-10H2,1-4H3. The van der Waals surface area contributed by atoms with E-state index in [-0.39, 0.29) is 18.0 Å². The van der Waals surface area contributed by atoms with Crippen LogP contribution in [-0.2, 0) is 0 Å². The minimum absolute atomic E-state index is 0.0619. The molecule has 128 valence electrons. The lowest BCUT2D eigenvalue weighted by Gasteiger charge is -2.38. The lowest BCUT2D eigenvalue weighted by atomic mass is 10.1. The van der Waals surface area contributed by atoms with Gasteiger partial charge in [0.15, 0.2) is 5.69 Å². The summed E-state index contributed by atoms with van der Waals surface area (Å²) < 4.78 is 6.85. The number of piperazine rings is 1. The van der Waals surface area contributed by atoms with Gasteiger partial charge in [-0.3, -0.25) is 4.79 Å². The molecule has 0 bridgehead atoms. The molecule has 3 rings (SSSR count). The van der Waals surface area contributed by atoms with Gasteiger partial charge < -0.3 is 15.0 Å². The summed E-state index contributed by atoms with van der Waals surface area (Å²) in [5.74, 6) is 0.713. The number of amides is 1. The zero-order chi connectivity index (χ0) is 17.3. The van der Waals surface area contributed by atoms with Gasteiger partial charge in [0.25, 0.3) is 5.91 Å². The van der Waals surface area contributed by atoms with E-state index in [1.807, 2.05) is 36.1 Å². The van der Waals surface area contributed by atoms with Gasteiger partial charge in [0, 0.05) is 25.2 Å². The normalized spacial score (nSPS) is 20.9. The Labute approximate surface area is 141 Å². The maximum atomic E-state index is 12.9. The molecule has 24 heavy (non-hydrogen) atoms. The Bertz CT molecular complexity index is 725. The van der Waals surface area contributed by atoms with E-state index >= 15 is 0 Å². The average Bonchev–Trinajstić information content (AvgIpc) is 2.98. The van der Waals surface area contributed by atoms with Crippen LogP contribution in [0.2, 0.25) is 0 Å². The Morgan fingerprint density at radius 3 is 2.67 bits per heavy atom. The summed E-state index contributed by atoms with van der Waals surface area (Å²) in [5, 5.41) is 11.7. The van der Waals surface area contributed by atoms with E-state index in [1.54, 1.807) is 11.8 Å². The molecule has 1 aromatic heterocycles. The van der Waals surface area contributed by atoms with Crippen LogP contribution in [0.5, 0.6) is 5.75 Å². The molecule has 1 aromatic carbocycles. The summed E-state index contributed by atoms with van der Waals surface area (Å²) in [6.07, 6.45) is 0. The highest BCUT2D eigenvalue weighted by molar-refractivity contribution is 5.93. The predicted octanol–water partition coefficient (Wildman–Crippen LogP) is 1.41. The van der Waals surface area contributed by atoms with Crippen molar-refractivity contribution in [3.63, 3.8) is 0 Å². The fourth-order valence-electron chi connectivity index (χ4n) is 2.97. The van der Waals surface area contributed by atoms with Crippen LogP contribution in [0, 0.1) is 6.92 Å². The van der Waals surface area contributed by atoms with E-state index in [4.69, 9.17) is 4.74 Å². The molecule has 7 heteroatoms. The van der Waals surface area contributed by atoms with Crippen LogP contribution in [0.15, 0.2) is 24.3 Å². The quantitative estimate of drug-likeness (QED) is 0.922. The molecule has 1 fully saturated rings. The van der Waals surface area contributed by atoms with Crippen molar-refractivity contribution < 1.29 is 9.53 Å². The zero-order valence-corrected chi connectivity index (χ0v) is 14.5. The summed E-state index contributed by atoms with van der Waals surface area (Å²) in [7, 11) is 1.63. The molecule has 2 unspecified atom stereocenters. The molecule has 1 aliphatic heterocycles. The first-order valence-corrected chi connectivity index (χ1v) is 8.14. The SMILES string of the molecule is COc1ccc(-n2nnc(C(=O)N3CCNC(C)C3C)c2C)cc1. The molecule has 2 aromatic rings. The molecule has 0 spiro atoms. The van der Waals surface area contributed by atoms with E-state index in [0.29, 0.717) is 12.2 Å². The van der Waals surface area contributed by atoms with Crippen LogP contribution < -0.4 is 10.1 Å². The molecule has 2 heterocycles. The van der Waals surface area contributed by atoms with Gasteiger partial charge in [-0.15, -0.1) is 5.10 Å². The number of hydrogen-bond donors (Lipinski definition) is 1. The number of carbonyl (C=O) groups excluding carboxylic acids is 1. The molecule has 1 amide bonds. The Hall–Kier alpha value is -2.41. The molecule has 7 nitrogen and oxygen atoms in total. The topological polar surface area (TPSA) is 72.3 Å². The van der Waals surface area contributed by atoms with Gasteiger partial charge in [-0.1, -0.05) is 5.21 Å². The predicted molar refractivity (Wildman–Crippen MR) is 90.6 cm³/mol. The van der Waals surface area contributed by atoms with Gasteiger partial charge >= 0.3 is 0 Å². The number of nitrogens with one attached hydrogen (secondary N) is 1. The average molecular weight is 329 g/mol. The number of benzene rings is 1. The third-order valence-electron chi connectivity index (χ3n) is 4.71. The number of carbonyl (C=O) groups is 1. The Morgan fingerprint density at radius 1 is 1.29 bits per heavy atom. The summed E-state index contributed by atoms with van der Waals surface area (Å²) in [6, 6.07) is 7.89. The first-order valence-electron chi connectivity index (χ1n) is 8.14. The van der Waals surface area contributed by atoms with Crippen molar-refractivity contribution in [2.75, 3.05) is 20.2 Å². The molecule has 0 radical (unpaired) electrons. The van der Waals surface area contributed by atoms with Crippen LogP contribution in [0.1, 0.15) is 30.0 Å². The van der Waals surface area contributed by atoms with E-state index in [0.717, 1.165) is 23.7 Å². The fraction of sp³-hybridized carbons (Fsp3) is 0.471. The third-order valence-corrected chi connectivity index (χ3v) is 4.71. The lowest BCUT2D eigenvalue weighted by Crippen LogP contribution is -2.57. The number of ether oxygens (including phenoxy) is 1. The lowest BCUT2D eigenvalue weighted by molar-refractivity contribution is 0.0596. The van der Waals surface area contributed by atoms with Gasteiger partial charge in [0.2, 0.25) is 0 Å². The van der Waals surface area contributed by atoms with E-state index in [2.05, 4.69) is 29.5 Å². The summed E-state index contributed by atoms with van der Waals surface area (Å²) in [4.78, 5) is 14.8. The number of hydrogen-bond acceptors (Lipinski definition) is 5. The Morgan fingerprint density at radius 2 is 2.00 bits per heavy atom. The number of methoxy groups -OCH3 is 1. The molecular formula is C17H23N5O2. The monoisotopic (exact) mass is 329 g/mol. The molecule has 2 atom stereocenters. The first kappa shape index (κ1) is 16.4.